The molecule has 3 nitrogen and oxygen atoms in total. The first kappa shape index (κ1) is 13.1. The number of rotatable bonds is 2. The standard InChI is InChI=1S/C15H20ClNO2/c1-2-10-11(13-5-3-6-17-13)9-12(16)15-14(10)18-7-4-8-19-15/h9,13,17H,2-8H2,1H3. The van der Waals surface area contributed by atoms with Gasteiger partial charge in [0.2, 0.25) is 0 Å². The van der Waals surface area contributed by atoms with Gasteiger partial charge in [-0.05, 0) is 37.4 Å². The highest BCUT2D eigenvalue weighted by atomic mass is 35.5. The van der Waals surface area contributed by atoms with E-state index in [1.165, 1.54) is 24.0 Å². The lowest BCUT2D eigenvalue weighted by Crippen LogP contribution is -2.15. The SMILES string of the molecule is CCc1c(C2CCCN2)cc(Cl)c2c1OCCCO2. The van der Waals surface area contributed by atoms with Crippen LogP contribution in [0.5, 0.6) is 11.5 Å². The van der Waals surface area contributed by atoms with E-state index in [1.807, 2.05) is 0 Å². The summed E-state index contributed by atoms with van der Waals surface area (Å²) in [6.07, 6.45) is 4.24. The molecular formula is C15H20ClNO2. The van der Waals surface area contributed by atoms with Crippen LogP contribution in [0, 0.1) is 0 Å². The predicted molar refractivity (Wildman–Crippen MR) is 76.4 cm³/mol. The van der Waals surface area contributed by atoms with Crippen molar-refractivity contribution in [1.29, 1.82) is 0 Å². The second-order valence-corrected chi connectivity index (χ2v) is 5.54. The zero-order chi connectivity index (χ0) is 13.2. The van der Waals surface area contributed by atoms with Crippen LogP contribution < -0.4 is 14.8 Å². The van der Waals surface area contributed by atoms with Crippen LogP contribution in [-0.4, -0.2) is 19.8 Å². The molecule has 2 heterocycles. The number of benzene rings is 1. The highest BCUT2D eigenvalue weighted by Gasteiger charge is 2.26. The smallest absolute Gasteiger partial charge is 0.180 e. The maximum absolute atomic E-state index is 6.39. The van der Waals surface area contributed by atoms with Crippen molar-refractivity contribution >= 4 is 11.6 Å². The fourth-order valence-corrected chi connectivity index (χ4v) is 3.24. The largest absolute Gasteiger partial charge is 0.489 e. The Bertz CT molecular complexity index is 470. The van der Waals surface area contributed by atoms with E-state index in [9.17, 15) is 0 Å². The van der Waals surface area contributed by atoms with Crippen molar-refractivity contribution < 1.29 is 9.47 Å². The number of halogens is 1. The molecule has 2 aliphatic rings. The molecule has 0 saturated carbocycles. The fourth-order valence-electron chi connectivity index (χ4n) is 2.99. The van der Waals surface area contributed by atoms with Crippen LogP contribution in [0.15, 0.2) is 6.07 Å². The minimum Gasteiger partial charge on any atom is -0.489 e. The summed E-state index contributed by atoms with van der Waals surface area (Å²) in [7, 11) is 0. The second-order valence-electron chi connectivity index (χ2n) is 5.14. The van der Waals surface area contributed by atoms with Crippen molar-refractivity contribution in [3.05, 3.63) is 22.2 Å². The van der Waals surface area contributed by atoms with Gasteiger partial charge in [0.15, 0.2) is 11.5 Å². The molecule has 1 saturated heterocycles. The van der Waals surface area contributed by atoms with Crippen LogP contribution >= 0.6 is 11.6 Å². The van der Waals surface area contributed by atoms with Gasteiger partial charge in [-0.2, -0.15) is 0 Å². The molecule has 0 aliphatic carbocycles. The lowest BCUT2D eigenvalue weighted by atomic mass is 9.96. The first-order chi connectivity index (χ1) is 9.31. The maximum atomic E-state index is 6.39. The molecule has 1 unspecified atom stereocenters. The Kier molecular flexibility index (Phi) is 3.85. The van der Waals surface area contributed by atoms with Crippen molar-refractivity contribution in [2.45, 2.75) is 38.6 Å². The molecule has 0 bridgehead atoms. The highest BCUT2D eigenvalue weighted by Crippen LogP contribution is 2.44. The zero-order valence-electron chi connectivity index (χ0n) is 11.3. The van der Waals surface area contributed by atoms with Gasteiger partial charge in [-0.1, -0.05) is 18.5 Å². The Labute approximate surface area is 119 Å². The Morgan fingerprint density at radius 1 is 1.26 bits per heavy atom. The zero-order valence-corrected chi connectivity index (χ0v) is 12.1. The van der Waals surface area contributed by atoms with E-state index in [4.69, 9.17) is 21.1 Å². The van der Waals surface area contributed by atoms with Crippen molar-refractivity contribution in [3.63, 3.8) is 0 Å². The Morgan fingerprint density at radius 3 is 2.74 bits per heavy atom. The molecule has 104 valence electrons. The van der Waals surface area contributed by atoms with Gasteiger partial charge < -0.3 is 14.8 Å². The van der Waals surface area contributed by atoms with Crippen LogP contribution in [0.4, 0.5) is 0 Å². The highest BCUT2D eigenvalue weighted by molar-refractivity contribution is 6.32. The van der Waals surface area contributed by atoms with E-state index in [0.717, 1.165) is 30.9 Å². The quantitative estimate of drug-likeness (QED) is 0.900. The third kappa shape index (κ3) is 2.41. The maximum Gasteiger partial charge on any atom is 0.180 e. The van der Waals surface area contributed by atoms with Gasteiger partial charge in [-0.3, -0.25) is 0 Å². The third-order valence-electron chi connectivity index (χ3n) is 3.90. The Balaban J connectivity index is 2.09. The summed E-state index contributed by atoms with van der Waals surface area (Å²) in [6.45, 7) is 4.63. The van der Waals surface area contributed by atoms with E-state index < -0.39 is 0 Å². The molecule has 2 aliphatic heterocycles. The van der Waals surface area contributed by atoms with E-state index in [0.29, 0.717) is 24.3 Å². The normalized spacial score (nSPS) is 22.3. The van der Waals surface area contributed by atoms with Gasteiger partial charge >= 0.3 is 0 Å². The molecule has 1 fully saturated rings. The van der Waals surface area contributed by atoms with Gasteiger partial charge in [-0.15, -0.1) is 0 Å². The first-order valence-corrected chi connectivity index (χ1v) is 7.53. The van der Waals surface area contributed by atoms with E-state index >= 15 is 0 Å². The second kappa shape index (κ2) is 5.59. The third-order valence-corrected chi connectivity index (χ3v) is 4.18. The van der Waals surface area contributed by atoms with Crippen molar-refractivity contribution in [1.82, 2.24) is 5.32 Å². The predicted octanol–water partition coefficient (Wildman–Crippen LogP) is 3.49. The lowest BCUT2D eigenvalue weighted by molar-refractivity contribution is 0.296. The first-order valence-electron chi connectivity index (χ1n) is 7.15. The van der Waals surface area contributed by atoms with E-state index in [1.54, 1.807) is 0 Å². The summed E-state index contributed by atoms with van der Waals surface area (Å²) in [5.74, 6) is 1.61. The summed E-state index contributed by atoms with van der Waals surface area (Å²) in [6, 6.07) is 2.47. The monoisotopic (exact) mass is 281 g/mol. The summed E-state index contributed by atoms with van der Waals surface area (Å²) in [5, 5.41) is 4.22. The van der Waals surface area contributed by atoms with Crippen LogP contribution in [0.1, 0.15) is 43.4 Å². The van der Waals surface area contributed by atoms with Crippen LogP contribution in [0.2, 0.25) is 5.02 Å². The van der Waals surface area contributed by atoms with Gasteiger partial charge in [0.05, 0.1) is 18.2 Å². The molecule has 4 heteroatoms. The lowest BCUT2D eigenvalue weighted by Gasteiger charge is -2.21. The van der Waals surface area contributed by atoms with Gasteiger partial charge in [0.25, 0.3) is 0 Å². The minimum atomic E-state index is 0.407. The molecule has 0 aromatic heterocycles. The van der Waals surface area contributed by atoms with Crippen molar-refractivity contribution in [2.75, 3.05) is 19.8 Å². The molecule has 1 aromatic rings. The number of nitrogens with one attached hydrogen (secondary N) is 1. The molecule has 1 atom stereocenters. The van der Waals surface area contributed by atoms with Crippen LogP contribution in [0.25, 0.3) is 0 Å². The molecule has 3 rings (SSSR count). The Morgan fingerprint density at radius 2 is 2.05 bits per heavy atom. The van der Waals surface area contributed by atoms with E-state index in [-0.39, 0.29) is 0 Å². The van der Waals surface area contributed by atoms with Crippen molar-refractivity contribution in [2.24, 2.45) is 0 Å². The Hall–Kier alpha value is -0.930. The number of fused-ring (bicyclic) bond motifs is 1. The van der Waals surface area contributed by atoms with Gasteiger partial charge in [0.1, 0.15) is 0 Å². The summed E-state index contributed by atoms with van der Waals surface area (Å²) in [5.41, 5.74) is 2.54. The number of hydrogen-bond donors (Lipinski definition) is 1. The number of ether oxygens (including phenoxy) is 2. The van der Waals surface area contributed by atoms with E-state index in [2.05, 4.69) is 18.3 Å². The molecule has 0 amide bonds. The summed E-state index contributed by atoms with van der Waals surface area (Å²) >= 11 is 6.39. The molecule has 1 aromatic carbocycles. The average molecular weight is 282 g/mol. The summed E-state index contributed by atoms with van der Waals surface area (Å²) < 4.78 is 11.7. The van der Waals surface area contributed by atoms with Crippen molar-refractivity contribution in [3.8, 4) is 11.5 Å². The topological polar surface area (TPSA) is 30.5 Å². The van der Waals surface area contributed by atoms with Crippen LogP contribution in [-0.2, 0) is 6.42 Å². The molecule has 1 N–H and O–H groups in total. The molecular weight excluding hydrogens is 262 g/mol. The van der Waals surface area contributed by atoms with Gasteiger partial charge in [-0.25, -0.2) is 0 Å². The molecule has 0 spiro atoms. The fraction of sp³-hybridized carbons (Fsp3) is 0.600. The molecule has 0 radical (unpaired) electrons. The van der Waals surface area contributed by atoms with Gasteiger partial charge in [0, 0.05) is 18.0 Å². The molecule has 19 heavy (non-hydrogen) atoms. The minimum absolute atomic E-state index is 0.407. The van der Waals surface area contributed by atoms with Crippen LogP contribution in [0.3, 0.4) is 0 Å². The average Bonchev–Trinajstić information content (AvgIpc) is 2.83. The number of hydrogen-bond acceptors (Lipinski definition) is 3. The summed E-state index contributed by atoms with van der Waals surface area (Å²) in [4.78, 5) is 0.